The molecule has 1 heterocycles. The van der Waals surface area contributed by atoms with Gasteiger partial charge < -0.3 is 5.11 Å². The van der Waals surface area contributed by atoms with Crippen molar-refractivity contribution in [2.24, 2.45) is 0 Å². The molecule has 1 aromatic carbocycles. The maximum Gasteiger partial charge on any atom is 0.126 e. The van der Waals surface area contributed by atoms with Crippen LogP contribution in [0.25, 0.3) is 0 Å². The number of aromatic nitrogens is 1. The average molecular weight is 241 g/mol. The highest BCUT2D eigenvalue weighted by Crippen LogP contribution is 2.23. The van der Waals surface area contributed by atoms with E-state index < -0.39 is 17.7 Å². The molecule has 1 N–H and O–H groups in total. The molecule has 1 atom stereocenters. The first-order chi connectivity index (χ1) is 7.66. The molecule has 0 radical (unpaired) electrons. The van der Waals surface area contributed by atoms with E-state index in [2.05, 4.69) is 4.98 Å². The van der Waals surface area contributed by atoms with Gasteiger partial charge in [0.15, 0.2) is 0 Å². The first-order valence-electron chi connectivity index (χ1n) is 4.67. The van der Waals surface area contributed by atoms with Crippen LogP contribution >= 0.6 is 11.3 Å². The van der Waals surface area contributed by atoms with Gasteiger partial charge in [0.05, 0.1) is 16.5 Å². The van der Waals surface area contributed by atoms with Gasteiger partial charge in [-0.15, -0.1) is 11.3 Å². The van der Waals surface area contributed by atoms with Crippen molar-refractivity contribution in [3.8, 4) is 0 Å². The summed E-state index contributed by atoms with van der Waals surface area (Å²) in [6.45, 7) is 0. The molecular weight excluding hydrogens is 232 g/mol. The van der Waals surface area contributed by atoms with Gasteiger partial charge in [-0.05, 0) is 23.8 Å². The Labute approximate surface area is 95.2 Å². The number of hydrogen-bond donors (Lipinski definition) is 1. The van der Waals surface area contributed by atoms with Gasteiger partial charge >= 0.3 is 0 Å². The Morgan fingerprint density at radius 3 is 2.88 bits per heavy atom. The summed E-state index contributed by atoms with van der Waals surface area (Å²) in [5.41, 5.74) is 1.75. The molecule has 2 aromatic rings. The highest BCUT2D eigenvalue weighted by atomic mass is 32.1. The second-order valence-corrected chi connectivity index (χ2v) is 4.28. The van der Waals surface area contributed by atoms with Crippen LogP contribution in [0.5, 0.6) is 0 Å². The van der Waals surface area contributed by atoms with Gasteiger partial charge in [0, 0.05) is 12.6 Å². The molecule has 0 fully saturated rings. The van der Waals surface area contributed by atoms with Crippen LogP contribution in [-0.4, -0.2) is 10.1 Å². The molecule has 0 saturated heterocycles. The average Bonchev–Trinajstić information content (AvgIpc) is 2.76. The fourth-order valence-electron chi connectivity index (χ4n) is 1.40. The van der Waals surface area contributed by atoms with Crippen molar-refractivity contribution in [3.05, 3.63) is 52.0 Å². The van der Waals surface area contributed by atoms with E-state index in [1.54, 1.807) is 5.51 Å². The van der Waals surface area contributed by atoms with Crippen molar-refractivity contribution >= 4 is 11.3 Å². The number of thiazole rings is 1. The van der Waals surface area contributed by atoms with Crippen molar-refractivity contribution in [2.45, 2.75) is 12.5 Å². The third-order valence-corrected chi connectivity index (χ3v) is 3.08. The van der Waals surface area contributed by atoms with E-state index in [-0.39, 0.29) is 12.0 Å². The van der Waals surface area contributed by atoms with Gasteiger partial charge in [0.2, 0.25) is 0 Å². The monoisotopic (exact) mass is 241 g/mol. The van der Waals surface area contributed by atoms with Crippen LogP contribution in [0.1, 0.15) is 16.5 Å². The lowest BCUT2D eigenvalue weighted by Gasteiger charge is -2.08. The van der Waals surface area contributed by atoms with Crippen LogP contribution in [0.3, 0.4) is 0 Å². The zero-order valence-electron chi connectivity index (χ0n) is 8.23. The Morgan fingerprint density at radius 1 is 1.38 bits per heavy atom. The minimum Gasteiger partial charge on any atom is -0.387 e. The summed E-state index contributed by atoms with van der Waals surface area (Å²) in [5.74, 6) is -1.02. The summed E-state index contributed by atoms with van der Waals surface area (Å²) in [5, 5.41) is 9.76. The van der Waals surface area contributed by atoms with Crippen LogP contribution in [0.15, 0.2) is 29.9 Å². The van der Waals surface area contributed by atoms with Gasteiger partial charge in [0.25, 0.3) is 0 Å². The van der Waals surface area contributed by atoms with Gasteiger partial charge in [-0.1, -0.05) is 0 Å². The zero-order chi connectivity index (χ0) is 11.5. The first-order valence-corrected chi connectivity index (χ1v) is 5.55. The van der Waals surface area contributed by atoms with Crippen LogP contribution in [-0.2, 0) is 6.42 Å². The van der Waals surface area contributed by atoms with E-state index in [1.165, 1.54) is 17.5 Å². The molecule has 0 saturated carbocycles. The van der Waals surface area contributed by atoms with Gasteiger partial charge in [0.1, 0.15) is 11.6 Å². The molecule has 5 heteroatoms. The van der Waals surface area contributed by atoms with Crippen molar-refractivity contribution in [2.75, 3.05) is 0 Å². The van der Waals surface area contributed by atoms with Crippen molar-refractivity contribution in [1.82, 2.24) is 4.98 Å². The van der Waals surface area contributed by atoms with E-state index in [0.29, 0.717) is 4.88 Å². The lowest BCUT2D eigenvalue weighted by Crippen LogP contribution is -2.02. The highest BCUT2D eigenvalue weighted by molar-refractivity contribution is 7.09. The third kappa shape index (κ3) is 2.43. The minimum atomic E-state index is -0.844. The Kier molecular flexibility index (Phi) is 3.26. The van der Waals surface area contributed by atoms with Crippen molar-refractivity contribution in [3.63, 3.8) is 0 Å². The number of nitrogens with zero attached hydrogens (tertiary/aromatic N) is 1. The quantitative estimate of drug-likeness (QED) is 0.896. The molecular formula is C11H9F2NOS. The Bertz CT molecular complexity index is 473. The summed E-state index contributed by atoms with van der Waals surface area (Å²) >= 11 is 1.28. The first kappa shape index (κ1) is 11.2. The number of aliphatic hydroxyl groups excluding tert-OH is 1. The molecule has 0 aliphatic rings. The summed E-state index contributed by atoms with van der Waals surface area (Å²) in [4.78, 5) is 4.46. The topological polar surface area (TPSA) is 33.1 Å². The van der Waals surface area contributed by atoms with E-state index in [4.69, 9.17) is 0 Å². The number of halogens is 2. The molecule has 1 aromatic heterocycles. The van der Waals surface area contributed by atoms with Crippen LogP contribution in [0, 0.1) is 11.6 Å². The molecule has 84 valence electrons. The molecule has 0 spiro atoms. The molecule has 2 nitrogen and oxygen atoms in total. The summed E-state index contributed by atoms with van der Waals surface area (Å²) in [6.07, 6.45) is 0.724. The largest absolute Gasteiger partial charge is 0.387 e. The fraction of sp³-hybridized carbons (Fsp3) is 0.182. The summed E-state index contributed by atoms with van der Waals surface area (Å²) < 4.78 is 26.2. The van der Waals surface area contributed by atoms with Crippen LogP contribution < -0.4 is 0 Å². The van der Waals surface area contributed by atoms with E-state index in [0.717, 1.165) is 18.2 Å². The summed E-state index contributed by atoms with van der Waals surface area (Å²) in [7, 11) is 0. The number of hydrogen-bond acceptors (Lipinski definition) is 3. The Balaban J connectivity index is 2.17. The second-order valence-electron chi connectivity index (χ2n) is 3.36. The van der Waals surface area contributed by atoms with Gasteiger partial charge in [-0.25, -0.2) is 8.78 Å². The Hall–Kier alpha value is -1.33. The van der Waals surface area contributed by atoms with Crippen molar-refractivity contribution in [1.29, 1.82) is 0 Å². The molecule has 2 rings (SSSR count). The molecule has 0 aliphatic heterocycles. The lowest BCUT2D eigenvalue weighted by atomic mass is 10.1. The molecule has 1 unspecified atom stereocenters. The number of benzene rings is 1. The van der Waals surface area contributed by atoms with Gasteiger partial charge in [-0.3, -0.25) is 4.98 Å². The summed E-state index contributed by atoms with van der Waals surface area (Å²) in [6, 6.07) is 3.21. The van der Waals surface area contributed by atoms with Crippen LogP contribution in [0.4, 0.5) is 8.78 Å². The zero-order valence-corrected chi connectivity index (χ0v) is 9.05. The van der Waals surface area contributed by atoms with Gasteiger partial charge in [-0.2, -0.15) is 0 Å². The maximum absolute atomic E-state index is 13.3. The number of aliphatic hydroxyl groups is 1. The molecule has 16 heavy (non-hydrogen) atoms. The molecule has 0 bridgehead atoms. The fourth-order valence-corrected chi connectivity index (χ4v) is 2.00. The predicted octanol–water partition coefficient (Wildman–Crippen LogP) is 2.70. The van der Waals surface area contributed by atoms with Crippen LogP contribution in [0.2, 0.25) is 0 Å². The van der Waals surface area contributed by atoms with Crippen molar-refractivity contribution < 1.29 is 13.9 Å². The SMILES string of the molecule is OC(Cc1cc(F)ccc1F)c1cncs1. The van der Waals surface area contributed by atoms with E-state index in [1.807, 2.05) is 0 Å². The number of rotatable bonds is 3. The second kappa shape index (κ2) is 4.67. The lowest BCUT2D eigenvalue weighted by molar-refractivity contribution is 0.180. The van der Waals surface area contributed by atoms with E-state index in [9.17, 15) is 13.9 Å². The predicted molar refractivity (Wildman–Crippen MR) is 57.1 cm³/mol. The molecule has 0 amide bonds. The third-order valence-electron chi connectivity index (χ3n) is 2.20. The standard InChI is InChI=1S/C11H9F2NOS/c12-8-1-2-9(13)7(3-8)4-10(15)11-5-14-6-16-11/h1-3,5-6,10,15H,4H2. The minimum absolute atomic E-state index is 0.0474. The molecule has 0 aliphatic carbocycles. The maximum atomic E-state index is 13.3. The smallest absolute Gasteiger partial charge is 0.126 e. The van der Waals surface area contributed by atoms with E-state index >= 15 is 0 Å². The normalized spacial score (nSPS) is 12.7. The Morgan fingerprint density at radius 2 is 2.19 bits per heavy atom. The highest BCUT2D eigenvalue weighted by Gasteiger charge is 2.13.